The first-order valence-electron chi connectivity index (χ1n) is 8.71. The van der Waals surface area contributed by atoms with Crippen molar-refractivity contribution in [3.05, 3.63) is 66.0 Å². The molecule has 3 rings (SSSR count). The van der Waals surface area contributed by atoms with Gasteiger partial charge in [-0.3, -0.25) is 9.36 Å². The number of methoxy groups -OCH3 is 1. The second kappa shape index (κ2) is 8.31. The Morgan fingerprint density at radius 3 is 2.63 bits per heavy atom. The minimum absolute atomic E-state index is 0.0688. The van der Waals surface area contributed by atoms with Crippen molar-refractivity contribution in [2.45, 2.75) is 31.2 Å². The summed E-state index contributed by atoms with van der Waals surface area (Å²) in [5, 5.41) is 3.43. The maximum Gasteiger partial charge on any atom is 0.237 e. The molecular weight excluding hydrogens is 358 g/mol. The Morgan fingerprint density at radius 1 is 1.19 bits per heavy atom. The highest BCUT2D eigenvalue weighted by Crippen LogP contribution is 2.27. The van der Waals surface area contributed by atoms with Crippen molar-refractivity contribution < 1.29 is 9.53 Å². The van der Waals surface area contributed by atoms with Gasteiger partial charge in [-0.2, -0.15) is 0 Å². The molecule has 1 unspecified atom stereocenters. The van der Waals surface area contributed by atoms with E-state index in [2.05, 4.69) is 36.3 Å². The Labute approximate surface area is 163 Å². The molecule has 0 aliphatic heterocycles. The maximum absolute atomic E-state index is 12.6. The second-order valence-electron chi connectivity index (χ2n) is 6.28. The van der Waals surface area contributed by atoms with Crippen LogP contribution >= 0.6 is 11.8 Å². The summed E-state index contributed by atoms with van der Waals surface area (Å²) in [6, 6.07) is 13.5. The van der Waals surface area contributed by atoms with Gasteiger partial charge in [-0.15, -0.1) is 0 Å². The van der Waals surface area contributed by atoms with E-state index in [1.807, 2.05) is 48.0 Å². The molecule has 0 bridgehead atoms. The third kappa shape index (κ3) is 4.34. The number of nitrogens with zero attached hydrogens (tertiary/aromatic N) is 2. The molecule has 1 N–H and O–H groups in total. The lowest BCUT2D eigenvalue weighted by atomic mass is 10.1. The molecule has 0 aliphatic carbocycles. The number of rotatable bonds is 6. The molecule has 5 nitrogen and oxygen atoms in total. The van der Waals surface area contributed by atoms with Gasteiger partial charge in [0.1, 0.15) is 5.75 Å². The van der Waals surface area contributed by atoms with E-state index in [4.69, 9.17) is 4.74 Å². The summed E-state index contributed by atoms with van der Waals surface area (Å²) in [4.78, 5) is 17.0. The van der Waals surface area contributed by atoms with Crippen molar-refractivity contribution in [3.8, 4) is 11.4 Å². The summed E-state index contributed by atoms with van der Waals surface area (Å²) in [6.45, 7) is 6.07. The van der Waals surface area contributed by atoms with Crippen LogP contribution in [0.5, 0.6) is 5.75 Å². The number of aryl methyl sites for hydroxylation is 1. The van der Waals surface area contributed by atoms with Gasteiger partial charge in [0, 0.05) is 18.1 Å². The number of benzene rings is 2. The van der Waals surface area contributed by atoms with Crippen molar-refractivity contribution in [2.75, 3.05) is 12.4 Å². The molecule has 0 radical (unpaired) electrons. The highest BCUT2D eigenvalue weighted by atomic mass is 32.2. The maximum atomic E-state index is 12.6. The molecule has 3 aromatic rings. The molecule has 1 amide bonds. The zero-order chi connectivity index (χ0) is 19.4. The van der Waals surface area contributed by atoms with E-state index < -0.39 is 0 Å². The van der Waals surface area contributed by atoms with Gasteiger partial charge >= 0.3 is 0 Å². The molecule has 0 saturated carbocycles. The quantitative estimate of drug-likeness (QED) is 0.633. The molecule has 0 saturated heterocycles. The monoisotopic (exact) mass is 381 g/mol. The van der Waals surface area contributed by atoms with E-state index in [0.29, 0.717) is 0 Å². The van der Waals surface area contributed by atoms with Gasteiger partial charge in [-0.05, 0) is 62.2 Å². The van der Waals surface area contributed by atoms with E-state index in [0.717, 1.165) is 22.3 Å². The summed E-state index contributed by atoms with van der Waals surface area (Å²) in [5.41, 5.74) is 4.25. The highest BCUT2D eigenvalue weighted by molar-refractivity contribution is 8.00. The summed E-state index contributed by atoms with van der Waals surface area (Å²) < 4.78 is 7.17. The highest BCUT2D eigenvalue weighted by Gasteiger charge is 2.18. The topological polar surface area (TPSA) is 56.1 Å². The predicted molar refractivity (Wildman–Crippen MR) is 110 cm³/mol. The largest absolute Gasteiger partial charge is 0.497 e. The Kier molecular flexibility index (Phi) is 5.86. The summed E-state index contributed by atoms with van der Waals surface area (Å²) in [7, 11) is 1.62. The molecule has 2 aromatic carbocycles. The number of imidazole rings is 1. The van der Waals surface area contributed by atoms with Crippen LogP contribution in [0.25, 0.3) is 5.69 Å². The number of thioether (sulfide) groups is 1. The van der Waals surface area contributed by atoms with Crippen LogP contribution in [0.3, 0.4) is 0 Å². The van der Waals surface area contributed by atoms with Crippen molar-refractivity contribution in [1.82, 2.24) is 9.55 Å². The number of amides is 1. The summed E-state index contributed by atoms with van der Waals surface area (Å²) in [6.07, 6.45) is 3.69. The SMILES string of the molecule is COc1ccc(NC(=O)C(C)Sc2nccn2-c2cccc(C)c2C)cc1. The van der Waals surface area contributed by atoms with Crippen molar-refractivity contribution >= 4 is 23.4 Å². The van der Waals surface area contributed by atoms with E-state index >= 15 is 0 Å². The average Bonchev–Trinajstić information content (AvgIpc) is 3.12. The summed E-state index contributed by atoms with van der Waals surface area (Å²) in [5.74, 6) is 0.687. The van der Waals surface area contributed by atoms with Gasteiger partial charge in [0.05, 0.1) is 18.0 Å². The molecule has 1 atom stereocenters. The van der Waals surface area contributed by atoms with Gasteiger partial charge < -0.3 is 10.1 Å². The Balaban J connectivity index is 1.72. The molecule has 0 aliphatic rings. The predicted octanol–water partition coefficient (Wildman–Crippen LogP) is 4.62. The number of nitrogens with one attached hydrogen (secondary N) is 1. The van der Waals surface area contributed by atoms with E-state index in [1.165, 1.54) is 22.9 Å². The number of carbonyl (C=O) groups excluding carboxylic acids is 1. The Bertz CT molecular complexity index is 935. The van der Waals surface area contributed by atoms with Crippen LogP contribution in [0, 0.1) is 13.8 Å². The Morgan fingerprint density at radius 2 is 1.93 bits per heavy atom. The van der Waals surface area contributed by atoms with Crippen LogP contribution in [0.4, 0.5) is 5.69 Å². The molecule has 1 aromatic heterocycles. The third-order valence-electron chi connectivity index (χ3n) is 4.45. The lowest BCUT2D eigenvalue weighted by molar-refractivity contribution is -0.115. The first-order valence-corrected chi connectivity index (χ1v) is 9.59. The van der Waals surface area contributed by atoms with Crippen molar-refractivity contribution in [2.24, 2.45) is 0 Å². The molecule has 0 fully saturated rings. The molecule has 27 heavy (non-hydrogen) atoms. The zero-order valence-corrected chi connectivity index (χ0v) is 16.7. The lowest BCUT2D eigenvalue weighted by Crippen LogP contribution is -2.22. The zero-order valence-electron chi connectivity index (χ0n) is 15.9. The normalized spacial score (nSPS) is 11.9. The molecule has 6 heteroatoms. The average molecular weight is 382 g/mol. The number of hydrogen-bond acceptors (Lipinski definition) is 4. The fraction of sp³-hybridized carbons (Fsp3) is 0.238. The van der Waals surface area contributed by atoms with Crippen LogP contribution in [0.2, 0.25) is 0 Å². The van der Waals surface area contributed by atoms with E-state index in [9.17, 15) is 4.79 Å². The first kappa shape index (κ1) is 19.0. The first-order chi connectivity index (χ1) is 13.0. The summed E-state index contributed by atoms with van der Waals surface area (Å²) >= 11 is 1.44. The molecular formula is C21H23N3O2S. The number of hydrogen-bond donors (Lipinski definition) is 1. The van der Waals surface area contributed by atoms with E-state index in [1.54, 1.807) is 13.3 Å². The van der Waals surface area contributed by atoms with Gasteiger partial charge in [0.25, 0.3) is 0 Å². The van der Waals surface area contributed by atoms with Crippen LogP contribution in [-0.2, 0) is 4.79 Å². The van der Waals surface area contributed by atoms with E-state index in [-0.39, 0.29) is 11.2 Å². The molecule has 0 spiro atoms. The lowest BCUT2D eigenvalue weighted by Gasteiger charge is -2.15. The fourth-order valence-corrected chi connectivity index (χ4v) is 3.56. The number of carbonyl (C=O) groups is 1. The van der Waals surface area contributed by atoms with Gasteiger partial charge in [-0.1, -0.05) is 23.9 Å². The van der Waals surface area contributed by atoms with Gasteiger partial charge in [0.15, 0.2) is 5.16 Å². The van der Waals surface area contributed by atoms with Crippen molar-refractivity contribution in [3.63, 3.8) is 0 Å². The fourth-order valence-electron chi connectivity index (χ4n) is 2.69. The smallest absolute Gasteiger partial charge is 0.237 e. The minimum atomic E-state index is -0.293. The van der Waals surface area contributed by atoms with Crippen molar-refractivity contribution in [1.29, 1.82) is 0 Å². The number of ether oxygens (including phenoxy) is 1. The third-order valence-corrected chi connectivity index (χ3v) is 5.53. The molecule has 1 heterocycles. The second-order valence-corrected chi connectivity index (χ2v) is 7.58. The van der Waals surface area contributed by atoms with Crippen LogP contribution in [0.15, 0.2) is 60.0 Å². The number of aromatic nitrogens is 2. The number of anilines is 1. The van der Waals surface area contributed by atoms with Crippen LogP contribution in [0.1, 0.15) is 18.1 Å². The van der Waals surface area contributed by atoms with Crippen LogP contribution in [-0.4, -0.2) is 27.8 Å². The molecule has 140 valence electrons. The van der Waals surface area contributed by atoms with Crippen LogP contribution < -0.4 is 10.1 Å². The van der Waals surface area contributed by atoms with Gasteiger partial charge in [-0.25, -0.2) is 4.98 Å². The minimum Gasteiger partial charge on any atom is -0.497 e. The standard InChI is InChI=1S/C21H23N3O2S/c1-14-6-5-7-19(15(14)2)24-13-12-22-21(24)27-16(3)20(25)23-17-8-10-18(26-4)11-9-17/h5-13,16H,1-4H3,(H,23,25). The van der Waals surface area contributed by atoms with Gasteiger partial charge in [0.2, 0.25) is 5.91 Å². The Hall–Kier alpha value is -2.73.